The van der Waals surface area contributed by atoms with E-state index in [1.165, 1.54) is 32.3 Å². The standard InChI is InChI=1S/C19H23N3O5S/c1-12-8-16(28(25,26)22(3)4)10-17(13(12)2)21-18(23)11-27-15-7-5-6-14(9-15)19(20)24/h5-10H,11H2,1-4H3,(H2,20,24)(H,21,23). The average molecular weight is 405 g/mol. The van der Waals surface area contributed by atoms with E-state index in [0.29, 0.717) is 11.4 Å². The van der Waals surface area contributed by atoms with Gasteiger partial charge in [0.1, 0.15) is 5.75 Å². The molecule has 0 aliphatic heterocycles. The molecule has 0 aliphatic carbocycles. The van der Waals surface area contributed by atoms with E-state index in [-0.39, 0.29) is 17.1 Å². The molecule has 0 saturated carbocycles. The normalized spacial score (nSPS) is 11.3. The zero-order valence-corrected chi connectivity index (χ0v) is 17.0. The van der Waals surface area contributed by atoms with Crippen molar-refractivity contribution in [1.82, 2.24) is 4.31 Å². The summed E-state index contributed by atoms with van der Waals surface area (Å²) in [7, 11) is -0.753. The van der Waals surface area contributed by atoms with Crippen LogP contribution in [-0.4, -0.2) is 45.2 Å². The second-order valence-electron chi connectivity index (χ2n) is 6.43. The monoisotopic (exact) mass is 405 g/mol. The van der Waals surface area contributed by atoms with Crippen molar-refractivity contribution >= 4 is 27.5 Å². The number of carbonyl (C=O) groups excluding carboxylic acids is 2. The fourth-order valence-electron chi connectivity index (χ4n) is 2.39. The Bertz CT molecular complexity index is 1020. The summed E-state index contributed by atoms with van der Waals surface area (Å²) in [6, 6.07) is 9.15. The van der Waals surface area contributed by atoms with E-state index in [9.17, 15) is 18.0 Å². The SMILES string of the molecule is Cc1cc(S(=O)(=O)N(C)C)cc(NC(=O)COc2cccc(C(N)=O)c2)c1C. The number of rotatable bonds is 7. The van der Waals surface area contributed by atoms with Gasteiger partial charge < -0.3 is 15.8 Å². The molecule has 2 aromatic rings. The molecule has 0 aromatic heterocycles. The van der Waals surface area contributed by atoms with E-state index in [0.717, 1.165) is 15.4 Å². The minimum Gasteiger partial charge on any atom is -0.484 e. The molecule has 9 heteroatoms. The maximum absolute atomic E-state index is 12.4. The van der Waals surface area contributed by atoms with Crippen molar-refractivity contribution in [2.75, 3.05) is 26.0 Å². The van der Waals surface area contributed by atoms with E-state index < -0.39 is 21.8 Å². The highest BCUT2D eigenvalue weighted by Gasteiger charge is 2.20. The zero-order chi connectivity index (χ0) is 21.1. The molecule has 2 amide bonds. The first-order valence-electron chi connectivity index (χ1n) is 8.38. The summed E-state index contributed by atoms with van der Waals surface area (Å²) in [6.07, 6.45) is 0. The van der Waals surface area contributed by atoms with Gasteiger partial charge in [0.2, 0.25) is 15.9 Å². The highest BCUT2D eigenvalue weighted by molar-refractivity contribution is 7.89. The fraction of sp³-hybridized carbons (Fsp3) is 0.263. The lowest BCUT2D eigenvalue weighted by atomic mass is 10.1. The number of hydrogen-bond donors (Lipinski definition) is 2. The number of nitrogens with zero attached hydrogens (tertiary/aromatic N) is 1. The third kappa shape index (κ3) is 4.87. The average Bonchev–Trinajstić information content (AvgIpc) is 2.63. The van der Waals surface area contributed by atoms with E-state index in [1.807, 2.05) is 0 Å². The third-order valence-electron chi connectivity index (χ3n) is 4.18. The second-order valence-corrected chi connectivity index (χ2v) is 8.58. The summed E-state index contributed by atoms with van der Waals surface area (Å²) in [5, 5.41) is 2.67. The molecule has 0 heterocycles. The van der Waals surface area contributed by atoms with Gasteiger partial charge in [0, 0.05) is 25.3 Å². The first-order chi connectivity index (χ1) is 13.0. The quantitative estimate of drug-likeness (QED) is 0.726. The van der Waals surface area contributed by atoms with E-state index in [2.05, 4.69) is 5.32 Å². The molecule has 150 valence electrons. The molecule has 0 fully saturated rings. The van der Waals surface area contributed by atoms with Crippen molar-refractivity contribution in [3.8, 4) is 5.75 Å². The largest absolute Gasteiger partial charge is 0.484 e. The smallest absolute Gasteiger partial charge is 0.262 e. The number of anilines is 1. The van der Waals surface area contributed by atoms with Crippen LogP contribution < -0.4 is 15.8 Å². The van der Waals surface area contributed by atoms with Crippen LogP contribution in [0.1, 0.15) is 21.5 Å². The number of sulfonamides is 1. The second kappa shape index (κ2) is 8.41. The van der Waals surface area contributed by atoms with E-state index in [1.54, 1.807) is 32.0 Å². The molecule has 2 aromatic carbocycles. The predicted octanol–water partition coefficient (Wildman–Crippen LogP) is 1.67. The van der Waals surface area contributed by atoms with Crippen LogP contribution in [0.15, 0.2) is 41.3 Å². The van der Waals surface area contributed by atoms with Gasteiger partial charge in [-0.15, -0.1) is 0 Å². The molecule has 0 spiro atoms. The summed E-state index contributed by atoms with van der Waals surface area (Å²) in [5.74, 6) is -0.741. The summed E-state index contributed by atoms with van der Waals surface area (Å²) in [6.45, 7) is 3.24. The molecule has 3 N–H and O–H groups in total. The molecule has 2 rings (SSSR count). The highest BCUT2D eigenvalue weighted by atomic mass is 32.2. The molecule has 0 saturated heterocycles. The Labute approximate surface area is 164 Å². The first-order valence-corrected chi connectivity index (χ1v) is 9.82. The van der Waals surface area contributed by atoms with Crippen LogP contribution >= 0.6 is 0 Å². The number of hydrogen-bond acceptors (Lipinski definition) is 5. The van der Waals surface area contributed by atoms with Gasteiger partial charge in [0.05, 0.1) is 4.90 Å². The number of primary amides is 1. The van der Waals surface area contributed by atoms with Crippen LogP contribution in [0.2, 0.25) is 0 Å². The number of aryl methyl sites for hydroxylation is 1. The Kier molecular flexibility index (Phi) is 6.42. The molecule has 0 radical (unpaired) electrons. The van der Waals surface area contributed by atoms with Crippen LogP contribution in [0.25, 0.3) is 0 Å². The highest BCUT2D eigenvalue weighted by Crippen LogP contribution is 2.25. The predicted molar refractivity (Wildman–Crippen MR) is 106 cm³/mol. The number of amides is 2. The van der Waals surface area contributed by atoms with Crippen molar-refractivity contribution in [3.63, 3.8) is 0 Å². The molecule has 0 aliphatic rings. The van der Waals surface area contributed by atoms with Gasteiger partial charge in [0.15, 0.2) is 6.61 Å². The van der Waals surface area contributed by atoms with Crippen LogP contribution in [0.4, 0.5) is 5.69 Å². The van der Waals surface area contributed by atoms with Crippen LogP contribution in [0.3, 0.4) is 0 Å². The number of nitrogens with two attached hydrogens (primary N) is 1. The Balaban J connectivity index is 2.17. The lowest BCUT2D eigenvalue weighted by molar-refractivity contribution is -0.118. The van der Waals surface area contributed by atoms with E-state index >= 15 is 0 Å². The van der Waals surface area contributed by atoms with Crippen molar-refractivity contribution in [2.45, 2.75) is 18.7 Å². The Morgan fingerprint density at radius 2 is 1.82 bits per heavy atom. The van der Waals surface area contributed by atoms with Gasteiger partial charge in [-0.25, -0.2) is 12.7 Å². The molecule has 28 heavy (non-hydrogen) atoms. The molecule has 8 nitrogen and oxygen atoms in total. The van der Waals surface area contributed by atoms with Gasteiger partial charge in [-0.1, -0.05) is 6.07 Å². The van der Waals surface area contributed by atoms with Crippen LogP contribution in [0.5, 0.6) is 5.75 Å². The zero-order valence-electron chi connectivity index (χ0n) is 16.1. The minimum absolute atomic E-state index is 0.0889. The Morgan fingerprint density at radius 1 is 1.14 bits per heavy atom. The minimum atomic E-state index is -3.64. The van der Waals surface area contributed by atoms with Gasteiger partial charge >= 0.3 is 0 Å². The maximum Gasteiger partial charge on any atom is 0.262 e. The summed E-state index contributed by atoms with van der Waals surface area (Å²) in [4.78, 5) is 23.6. The topological polar surface area (TPSA) is 119 Å². The molecule has 0 bridgehead atoms. The van der Waals surface area contributed by atoms with Crippen LogP contribution in [-0.2, 0) is 14.8 Å². The number of ether oxygens (including phenoxy) is 1. The lowest BCUT2D eigenvalue weighted by Crippen LogP contribution is -2.24. The van der Waals surface area contributed by atoms with Crippen LogP contribution in [0, 0.1) is 13.8 Å². The summed E-state index contributed by atoms with van der Waals surface area (Å²) < 4.78 is 31.3. The number of carbonyl (C=O) groups is 2. The molecular formula is C19H23N3O5S. The summed E-state index contributed by atoms with van der Waals surface area (Å²) in [5.41, 5.74) is 7.36. The number of nitrogens with one attached hydrogen (secondary N) is 1. The van der Waals surface area contributed by atoms with Gasteiger partial charge in [-0.2, -0.15) is 0 Å². The van der Waals surface area contributed by atoms with Gasteiger partial charge in [-0.05, 0) is 55.3 Å². The van der Waals surface area contributed by atoms with Gasteiger partial charge in [0.25, 0.3) is 5.91 Å². The Hall–Kier alpha value is -2.91. The molecular weight excluding hydrogens is 382 g/mol. The third-order valence-corrected chi connectivity index (χ3v) is 5.97. The molecule has 0 unspecified atom stereocenters. The van der Waals surface area contributed by atoms with Crippen molar-refractivity contribution in [2.24, 2.45) is 5.73 Å². The fourth-order valence-corrected chi connectivity index (χ4v) is 3.40. The van der Waals surface area contributed by atoms with Crippen molar-refractivity contribution in [1.29, 1.82) is 0 Å². The van der Waals surface area contributed by atoms with Crippen molar-refractivity contribution in [3.05, 3.63) is 53.1 Å². The van der Waals surface area contributed by atoms with Gasteiger partial charge in [-0.3, -0.25) is 9.59 Å². The summed E-state index contributed by atoms with van der Waals surface area (Å²) >= 11 is 0. The maximum atomic E-state index is 12.4. The Morgan fingerprint density at radius 3 is 2.43 bits per heavy atom. The van der Waals surface area contributed by atoms with E-state index in [4.69, 9.17) is 10.5 Å². The number of benzene rings is 2. The first kappa shape index (κ1) is 21.4. The van der Waals surface area contributed by atoms with Crippen molar-refractivity contribution < 1.29 is 22.7 Å². The molecule has 0 atom stereocenters. The lowest BCUT2D eigenvalue weighted by Gasteiger charge is -2.16.